The molecule has 0 saturated carbocycles. The van der Waals surface area contributed by atoms with E-state index in [1.165, 1.54) is 16.0 Å². The molecule has 2 nitrogen and oxygen atoms in total. The van der Waals surface area contributed by atoms with E-state index in [2.05, 4.69) is 17.5 Å². The quantitative estimate of drug-likeness (QED) is 0.847. The Labute approximate surface area is 104 Å². The van der Waals surface area contributed by atoms with Crippen LogP contribution in [-0.4, -0.2) is 6.54 Å². The first kappa shape index (κ1) is 11.5. The molecular formula is C12H12ClNOS. The summed E-state index contributed by atoms with van der Waals surface area (Å²) in [6.07, 6.45) is 0.0231. The number of nitrogens with two attached hydrogens (primary N) is 1. The first-order valence-corrected chi connectivity index (χ1v) is 5.81. The van der Waals surface area contributed by atoms with Gasteiger partial charge < -0.3 is 10.5 Å². The molecule has 3 rings (SSSR count). The van der Waals surface area contributed by atoms with Crippen LogP contribution in [-0.2, 0) is 0 Å². The zero-order chi connectivity index (χ0) is 10.3. The van der Waals surface area contributed by atoms with Crippen LogP contribution in [0.25, 0.3) is 11.1 Å². The van der Waals surface area contributed by atoms with E-state index in [-0.39, 0.29) is 18.5 Å². The summed E-state index contributed by atoms with van der Waals surface area (Å²) in [7, 11) is 0. The predicted molar refractivity (Wildman–Crippen MR) is 69.4 cm³/mol. The molecule has 0 spiro atoms. The van der Waals surface area contributed by atoms with Gasteiger partial charge in [-0.2, -0.15) is 0 Å². The second-order valence-corrected chi connectivity index (χ2v) is 4.48. The van der Waals surface area contributed by atoms with Gasteiger partial charge in [0.15, 0.2) is 0 Å². The highest BCUT2D eigenvalue weighted by atomic mass is 35.5. The van der Waals surface area contributed by atoms with E-state index in [1.54, 1.807) is 11.3 Å². The maximum Gasteiger partial charge on any atom is 0.146 e. The molecule has 1 aromatic heterocycles. The highest BCUT2D eigenvalue weighted by Crippen LogP contribution is 2.44. The van der Waals surface area contributed by atoms with Gasteiger partial charge in [0.05, 0.1) is 4.88 Å². The lowest BCUT2D eigenvalue weighted by atomic mass is 10.0. The van der Waals surface area contributed by atoms with Crippen molar-refractivity contribution in [3.63, 3.8) is 0 Å². The third kappa shape index (κ3) is 1.61. The van der Waals surface area contributed by atoms with Gasteiger partial charge in [-0.05, 0) is 17.5 Å². The Kier molecular flexibility index (Phi) is 3.19. The number of hydrogen-bond acceptors (Lipinski definition) is 3. The molecule has 0 saturated heterocycles. The number of benzene rings is 1. The van der Waals surface area contributed by atoms with Crippen LogP contribution in [0.1, 0.15) is 11.0 Å². The minimum absolute atomic E-state index is 0. The second kappa shape index (κ2) is 4.45. The van der Waals surface area contributed by atoms with Gasteiger partial charge in [-0.3, -0.25) is 0 Å². The van der Waals surface area contributed by atoms with Crippen LogP contribution in [0, 0.1) is 0 Å². The van der Waals surface area contributed by atoms with E-state index >= 15 is 0 Å². The van der Waals surface area contributed by atoms with Gasteiger partial charge in [0.25, 0.3) is 0 Å². The Morgan fingerprint density at radius 2 is 2.00 bits per heavy atom. The highest BCUT2D eigenvalue weighted by molar-refractivity contribution is 7.10. The van der Waals surface area contributed by atoms with Crippen molar-refractivity contribution in [2.45, 2.75) is 6.10 Å². The molecule has 16 heavy (non-hydrogen) atoms. The summed E-state index contributed by atoms with van der Waals surface area (Å²) in [5.74, 6) is 0.943. The average Bonchev–Trinajstić information content (AvgIpc) is 2.77. The van der Waals surface area contributed by atoms with Gasteiger partial charge in [0, 0.05) is 17.7 Å². The number of ether oxygens (including phenoxy) is 1. The predicted octanol–water partition coefficient (Wildman–Crippen LogP) is 3.23. The SMILES string of the molecule is Cl.NCC1Oc2ccccc2-c2ccsc21. The summed E-state index contributed by atoms with van der Waals surface area (Å²) in [5, 5.41) is 2.10. The molecule has 1 atom stereocenters. The lowest BCUT2D eigenvalue weighted by Gasteiger charge is -2.25. The first-order valence-electron chi connectivity index (χ1n) is 4.93. The van der Waals surface area contributed by atoms with Gasteiger partial charge >= 0.3 is 0 Å². The number of halogens is 1. The van der Waals surface area contributed by atoms with Gasteiger partial charge in [-0.15, -0.1) is 23.7 Å². The van der Waals surface area contributed by atoms with Gasteiger partial charge in [-0.1, -0.05) is 18.2 Å². The minimum Gasteiger partial charge on any atom is -0.483 e. The molecule has 1 aliphatic heterocycles. The Morgan fingerprint density at radius 1 is 1.19 bits per heavy atom. The maximum atomic E-state index is 5.85. The van der Waals surface area contributed by atoms with E-state index in [9.17, 15) is 0 Å². The number of thiophene rings is 1. The fourth-order valence-electron chi connectivity index (χ4n) is 1.95. The Morgan fingerprint density at radius 3 is 2.81 bits per heavy atom. The molecule has 4 heteroatoms. The Hall–Kier alpha value is -1.03. The Balaban J connectivity index is 0.000000963. The monoisotopic (exact) mass is 253 g/mol. The van der Waals surface area contributed by atoms with E-state index in [0.29, 0.717) is 6.54 Å². The topological polar surface area (TPSA) is 35.2 Å². The lowest BCUT2D eigenvalue weighted by Crippen LogP contribution is -2.20. The molecule has 0 bridgehead atoms. The second-order valence-electron chi connectivity index (χ2n) is 3.54. The third-order valence-corrected chi connectivity index (χ3v) is 3.66. The van der Waals surface area contributed by atoms with Crippen LogP contribution < -0.4 is 10.5 Å². The molecule has 0 fully saturated rings. The van der Waals surface area contributed by atoms with E-state index in [1.807, 2.05) is 18.2 Å². The number of rotatable bonds is 1. The van der Waals surface area contributed by atoms with Gasteiger partial charge in [0.1, 0.15) is 11.9 Å². The fraction of sp³-hybridized carbons (Fsp3) is 0.167. The van der Waals surface area contributed by atoms with Crippen molar-refractivity contribution in [2.75, 3.05) is 6.54 Å². The van der Waals surface area contributed by atoms with Crippen molar-refractivity contribution in [2.24, 2.45) is 5.73 Å². The van der Waals surface area contributed by atoms with Crippen molar-refractivity contribution in [1.82, 2.24) is 0 Å². The molecule has 84 valence electrons. The van der Waals surface area contributed by atoms with Crippen LogP contribution in [0.2, 0.25) is 0 Å². The smallest absolute Gasteiger partial charge is 0.146 e. The minimum atomic E-state index is 0. The molecule has 0 amide bonds. The molecule has 2 heterocycles. The van der Waals surface area contributed by atoms with Crippen molar-refractivity contribution < 1.29 is 4.74 Å². The Bertz CT molecular complexity index is 497. The molecule has 1 aromatic carbocycles. The molecule has 0 aliphatic carbocycles. The largest absolute Gasteiger partial charge is 0.483 e. The van der Waals surface area contributed by atoms with E-state index in [0.717, 1.165) is 5.75 Å². The average molecular weight is 254 g/mol. The summed E-state index contributed by atoms with van der Waals surface area (Å²) in [6, 6.07) is 10.3. The van der Waals surface area contributed by atoms with Crippen LogP contribution >= 0.6 is 23.7 Å². The van der Waals surface area contributed by atoms with Crippen molar-refractivity contribution in [1.29, 1.82) is 0 Å². The molecule has 2 N–H and O–H groups in total. The van der Waals surface area contributed by atoms with Crippen LogP contribution in [0.3, 0.4) is 0 Å². The molecule has 2 aromatic rings. The first-order chi connectivity index (χ1) is 7.40. The highest BCUT2D eigenvalue weighted by Gasteiger charge is 2.25. The number of fused-ring (bicyclic) bond motifs is 3. The molecule has 0 radical (unpaired) electrons. The van der Waals surface area contributed by atoms with Crippen LogP contribution in [0.5, 0.6) is 5.75 Å². The zero-order valence-electron chi connectivity index (χ0n) is 8.55. The molecule has 1 unspecified atom stereocenters. The fourth-order valence-corrected chi connectivity index (χ4v) is 2.90. The van der Waals surface area contributed by atoms with E-state index in [4.69, 9.17) is 10.5 Å². The zero-order valence-corrected chi connectivity index (χ0v) is 10.2. The maximum absolute atomic E-state index is 5.85. The van der Waals surface area contributed by atoms with Gasteiger partial charge in [0.2, 0.25) is 0 Å². The number of para-hydroxylation sites is 1. The third-order valence-electron chi connectivity index (χ3n) is 2.65. The van der Waals surface area contributed by atoms with Crippen molar-refractivity contribution in [3.8, 4) is 16.9 Å². The normalized spacial score (nSPS) is 16.7. The molecule has 1 aliphatic rings. The number of hydrogen-bond donors (Lipinski definition) is 1. The van der Waals surface area contributed by atoms with Crippen molar-refractivity contribution in [3.05, 3.63) is 40.6 Å². The summed E-state index contributed by atoms with van der Waals surface area (Å²) in [5.41, 5.74) is 8.17. The van der Waals surface area contributed by atoms with E-state index < -0.39 is 0 Å². The standard InChI is InChI=1S/C12H11NOS.ClH/c13-7-11-12-9(5-6-15-12)8-3-1-2-4-10(8)14-11;/h1-6,11H,7,13H2;1H. The lowest BCUT2D eigenvalue weighted by molar-refractivity contribution is 0.215. The van der Waals surface area contributed by atoms with Gasteiger partial charge in [-0.25, -0.2) is 0 Å². The van der Waals surface area contributed by atoms with Crippen LogP contribution in [0.4, 0.5) is 0 Å². The summed E-state index contributed by atoms with van der Waals surface area (Å²) < 4.78 is 5.85. The summed E-state index contributed by atoms with van der Waals surface area (Å²) >= 11 is 1.72. The van der Waals surface area contributed by atoms with Crippen molar-refractivity contribution >= 4 is 23.7 Å². The summed E-state index contributed by atoms with van der Waals surface area (Å²) in [6.45, 7) is 0.530. The summed E-state index contributed by atoms with van der Waals surface area (Å²) in [4.78, 5) is 1.25. The van der Waals surface area contributed by atoms with Crippen LogP contribution in [0.15, 0.2) is 35.7 Å². The molecular weight excluding hydrogens is 242 g/mol.